The molecule has 0 aliphatic carbocycles. The van der Waals surface area contributed by atoms with Crippen LogP contribution in [0.15, 0.2) is 0 Å². The fourth-order valence-electron chi connectivity index (χ4n) is 2.21. The largest absolute Gasteiger partial charge is 0.353 e. The van der Waals surface area contributed by atoms with Crippen molar-refractivity contribution in [1.29, 1.82) is 0 Å². The molecule has 5 nitrogen and oxygen atoms in total. The van der Waals surface area contributed by atoms with E-state index in [1.165, 1.54) is 0 Å². The zero-order valence-corrected chi connectivity index (χ0v) is 12.3. The SMILES string of the molecule is CCCc1nc(Cl)c(C)c(N2CCNC(=O)C2C)n1. The van der Waals surface area contributed by atoms with Crippen molar-refractivity contribution in [2.24, 2.45) is 0 Å². The number of hydrogen-bond acceptors (Lipinski definition) is 4. The Bertz CT molecular complexity index is 492. The van der Waals surface area contributed by atoms with Gasteiger partial charge < -0.3 is 10.2 Å². The third-order valence-electron chi connectivity index (χ3n) is 3.35. The van der Waals surface area contributed by atoms with Crippen molar-refractivity contribution < 1.29 is 4.79 Å². The monoisotopic (exact) mass is 282 g/mol. The van der Waals surface area contributed by atoms with E-state index in [0.29, 0.717) is 11.7 Å². The topological polar surface area (TPSA) is 58.1 Å². The Hall–Kier alpha value is -1.36. The fraction of sp³-hybridized carbons (Fsp3) is 0.615. The Morgan fingerprint density at radius 2 is 2.21 bits per heavy atom. The minimum Gasteiger partial charge on any atom is -0.353 e. The average molecular weight is 283 g/mol. The summed E-state index contributed by atoms with van der Waals surface area (Å²) < 4.78 is 0. The first-order valence-corrected chi connectivity index (χ1v) is 6.99. The first-order chi connectivity index (χ1) is 9.04. The van der Waals surface area contributed by atoms with Gasteiger partial charge in [0, 0.05) is 25.1 Å². The minimum absolute atomic E-state index is 0.0254. The lowest BCUT2D eigenvalue weighted by Crippen LogP contribution is -2.54. The maximum atomic E-state index is 11.8. The van der Waals surface area contributed by atoms with Gasteiger partial charge in [-0.25, -0.2) is 9.97 Å². The summed E-state index contributed by atoms with van der Waals surface area (Å²) in [6.45, 7) is 7.23. The molecular formula is C13H19ClN4O. The molecule has 1 atom stereocenters. The lowest BCUT2D eigenvalue weighted by molar-refractivity contribution is -0.122. The molecule has 2 heterocycles. The molecule has 19 heavy (non-hydrogen) atoms. The highest BCUT2D eigenvalue weighted by molar-refractivity contribution is 6.30. The molecule has 104 valence electrons. The van der Waals surface area contributed by atoms with E-state index in [-0.39, 0.29) is 11.9 Å². The van der Waals surface area contributed by atoms with Gasteiger partial charge in [-0.3, -0.25) is 4.79 Å². The third kappa shape index (κ3) is 2.81. The summed E-state index contributed by atoms with van der Waals surface area (Å²) in [4.78, 5) is 22.6. The second kappa shape index (κ2) is 5.74. The van der Waals surface area contributed by atoms with E-state index in [1.54, 1.807) is 0 Å². The molecule has 1 fully saturated rings. The highest BCUT2D eigenvalue weighted by Crippen LogP contribution is 2.26. The molecule has 1 aromatic heterocycles. The maximum Gasteiger partial charge on any atom is 0.242 e. The Labute approximate surface area is 118 Å². The first kappa shape index (κ1) is 14.1. The molecule has 1 unspecified atom stereocenters. The van der Waals surface area contributed by atoms with Crippen LogP contribution in [0.3, 0.4) is 0 Å². The van der Waals surface area contributed by atoms with Crippen molar-refractivity contribution in [2.45, 2.75) is 39.7 Å². The van der Waals surface area contributed by atoms with E-state index in [9.17, 15) is 4.79 Å². The molecule has 0 saturated carbocycles. The van der Waals surface area contributed by atoms with Crippen molar-refractivity contribution in [1.82, 2.24) is 15.3 Å². The fourth-order valence-corrected chi connectivity index (χ4v) is 2.39. The van der Waals surface area contributed by atoms with Gasteiger partial charge in [-0.15, -0.1) is 0 Å². The Kier molecular flexibility index (Phi) is 4.24. The lowest BCUT2D eigenvalue weighted by atomic mass is 10.2. The quantitative estimate of drug-likeness (QED) is 0.858. The number of nitrogens with one attached hydrogen (secondary N) is 1. The van der Waals surface area contributed by atoms with Crippen LogP contribution in [0.2, 0.25) is 5.15 Å². The van der Waals surface area contributed by atoms with Gasteiger partial charge in [-0.1, -0.05) is 18.5 Å². The van der Waals surface area contributed by atoms with Gasteiger partial charge in [0.2, 0.25) is 5.91 Å². The lowest BCUT2D eigenvalue weighted by Gasteiger charge is -2.34. The summed E-state index contributed by atoms with van der Waals surface area (Å²) >= 11 is 6.18. The van der Waals surface area contributed by atoms with Gasteiger partial charge in [-0.2, -0.15) is 0 Å². The number of anilines is 1. The second-order valence-corrected chi connectivity index (χ2v) is 5.15. The Balaban J connectivity index is 2.39. The predicted molar refractivity (Wildman–Crippen MR) is 75.6 cm³/mol. The Morgan fingerprint density at radius 3 is 2.89 bits per heavy atom. The number of piperazine rings is 1. The molecule has 1 aliphatic rings. The Morgan fingerprint density at radius 1 is 1.47 bits per heavy atom. The molecule has 0 radical (unpaired) electrons. The smallest absolute Gasteiger partial charge is 0.242 e. The molecule has 2 rings (SSSR count). The normalized spacial score (nSPS) is 19.5. The maximum absolute atomic E-state index is 11.8. The van der Waals surface area contributed by atoms with Crippen LogP contribution in [0.5, 0.6) is 0 Å². The molecule has 0 spiro atoms. The van der Waals surface area contributed by atoms with Crippen LogP contribution in [-0.4, -0.2) is 35.0 Å². The summed E-state index contributed by atoms with van der Waals surface area (Å²) in [5.41, 5.74) is 0.836. The van der Waals surface area contributed by atoms with Crippen molar-refractivity contribution in [3.63, 3.8) is 0 Å². The number of carbonyl (C=O) groups excluding carboxylic acids is 1. The molecule has 1 aromatic rings. The average Bonchev–Trinajstić information content (AvgIpc) is 2.37. The van der Waals surface area contributed by atoms with Crippen LogP contribution in [0.25, 0.3) is 0 Å². The molecule has 1 saturated heterocycles. The van der Waals surface area contributed by atoms with Gasteiger partial charge >= 0.3 is 0 Å². The number of nitrogens with zero attached hydrogens (tertiary/aromatic N) is 3. The molecule has 0 aromatic carbocycles. The molecular weight excluding hydrogens is 264 g/mol. The highest BCUT2D eigenvalue weighted by atomic mass is 35.5. The zero-order chi connectivity index (χ0) is 14.0. The minimum atomic E-state index is -0.229. The summed E-state index contributed by atoms with van der Waals surface area (Å²) in [5, 5.41) is 3.33. The van der Waals surface area contributed by atoms with Gasteiger partial charge in [0.15, 0.2) is 0 Å². The summed E-state index contributed by atoms with van der Waals surface area (Å²) in [7, 11) is 0. The van der Waals surface area contributed by atoms with Gasteiger partial charge in [0.25, 0.3) is 0 Å². The molecule has 0 bridgehead atoms. The van der Waals surface area contributed by atoms with Crippen LogP contribution < -0.4 is 10.2 Å². The van der Waals surface area contributed by atoms with E-state index in [4.69, 9.17) is 11.6 Å². The van der Waals surface area contributed by atoms with Gasteiger partial charge in [0.05, 0.1) is 0 Å². The molecule has 6 heteroatoms. The second-order valence-electron chi connectivity index (χ2n) is 4.79. The van der Waals surface area contributed by atoms with Gasteiger partial charge in [0.1, 0.15) is 22.8 Å². The predicted octanol–water partition coefficient (Wildman–Crippen LogP) is 1.72. The van der Waals surface area contributed by atoms with Crippen LogP contribution >= 0.6 is 11.6 Å². The summed E-state index contributed by atoms with van der Waals surface area (Å²) in [6.07, 6.45) is 1.76. The molecule has 1 amide bonds. The van der Waals surface area contributed by atoms with Crippen molar-refractivity contribution in [3.8, 4) is 0 Å². The van der Waals surface area contributed by atoms with Gasteiger partial charge in [-0.05, 0) is 20.3 Å². The molecule has 1 N–H and O–H groups in total. The van der Waals surface area contributed by atoms with E-state index < -0.39 is 0 Å². The number of aryl methyl sites for hydroxylation is 1. The number of rotatable bonds is 3. The van der Waals surface area contributed by atoms with Crippen molar-refractivity contribution in [2.75, 3.05) is 18.0 Å². The number of aromatic nitrogens is 2. The van der Waals surface area contributed by atoms with Crippen molar-refractivity contribution >= 4 is 23.3 Å². The van der Waals surface area contributed by atoms with E-state index in [0.717, 1.165) is 36.6 Å². The number of hydrogen-bond donors (Lipinski definition) is 1. The first-order valence-electron chi connectivity index (χ1n) is 6.62. The zero-order valence-electron chi connectivity index (χ0n) is 11.5. The number of amides is 1. The van der Waals surface area contributed by atoms with Crippen LogP contribution in [0, 0.1) is 6.92 Å². The summed E-state index contributed by atoms with van der Waals surface area (Å²) in [5.74, 6) is 1.55. The highest BCUT2D eigenvalue weighted by Gasteiger charge is 2.28. The van der Waals surface area contributed by atoms with Crippen LogP contribution in [-0.2, 0) is 11.2 Å². The number of carbonyl (C=O) groups is 1. The molecule has 1 aliphatic heterocycles. The summed E-state index contributed by atoms with van der Waals surface area (Å²) in [6, 6.07) is -0.229. The van der Waals surface area contributed by atoms with Crippen LogP contribution in [0.1, 0.15) is 31.7 Å². The number of halogens is 1. The van der Waals surface area contributed by atoms with Crippen LogP contribution in [0.4, 0.5) is 5.82 Å². The van der Waals surface area contributed by atoms with E-state index in [1.807, 2.05) is 18.7 Å². The van der Waals surface area contributed by atoms with E-state index in [2.05, 4.69) is 22.2 Å². The van der Waals surface area contributed by atoms with E-state index >= 15 is 0 Å². The standard InChI is InChI=1S/C13H19ClN4O/c1-4-5-10-16-11(14)8(2)12(17-10)18-7-6-15-13(19)9(18)3/h9H,4-7H2,1-3H3,(H,15,19). The third-order valence-corrected chi connectivity index (χ3v) is 3.72. The van der Waals surface area contributed by atoms with Crippen molar-refractivity contribution in [3.05, 3.63) is 16.5 Å².